The zero-order chi connectivity index (χ0) is 8.65. The summed E-state index contributed by atoms with van der Waals surface area (Å²) in [6.07, 6.45) is -3.75. The molecule has 0 aromatic heterocycles. The lowest BCUT2D eigenvalue weighted by atomic mass is 10.1. The smallest absolute Gasteiger partial charge is 0.226 e. The average Bonchev–Trinajstić information content (AvgIpc) is 1.84. The summed E-state index contributed by atoms with van der Waals surface area (Å²) in [5, 5.41) is 1.83. The molecule has 1 saturated heterocycles. The summed E-state index contributed by atoms with van der Waals surface area (Å²) >= 11 is 0. The van der Waals surface area contributed by atoms with Gasteiger partial charge in [-0.25, -0.2) is 0 Å². The van der Waals surface area contributed by atoms with E-state index >= 15 is 0 Å². The van der Waals surface area contributed by atoms with E-state index in [1.807, 2.05) is 5.32 Å². The van der Waals surface area contributed by atoms with Crippen LogP contribution in [0, 0.1) is 0 Å². The summed E-state index contributed by atoms with van der Waals surface area (Å²) in [6.45, 7) is 0. The van der Waals surface area contributed by atoms with Crippen molar-refractivity contribution in [3.8, 4) is 0 Å². The Bertz CT molecular complexity index is 216. The number of amides is 2. The standard InChI is InChI=1S/C5H7NO2/c7-4-2-1-3-5(8)6-4/h1-3H2,(H,6,7,8)/i1D,2D2. The van der Waals surface area contributed by atoms with Crippen LogP contribution in [0.25, 0.3) is 0 Å². The highest BCUT2D eigenvalue weighted by molar-refractivity contribution is 5.97. The number of nitrogens with one attached hydrogen (secondary N) is 1. The molecule has 2 amide bonds. The molecule has 1 atom stereocenters. The van der Waals surface area contributed by atoms with Crippen molar-refractivity contribution < 1.29 is 13.7 Å². The maximum atomic E-state index is 10.7. The molecule has 1 heterocycles. The lowest BCUT2D eigenvalue weighted by Crippen LogP contribution is -2.33. The first-order valence-corrected chi connectivity index (χ1v) is 2.21. The molecule has 1 fully saturated rings. The van der Waals surface area contributed by atoms with Gasteiger partial charge in [-0.2, -0.15) is 0 Å². The Morgan fingerprint density at radius 2 is 2.25 bits per heavy atom. The van der Waals surface area contributed by atoms with E-state index in [4.69, 9.17) is 4.11 Å². The predicted octanol–water partition coefficient (Wildman–Crippen LogP) is -0.187. The topological polar surface area (TPSA) is 46.2 Å². The minimum Gasteiger partial charge on any atom is -0.296 e. The minimum absolute atomic E-state index is 0.251. The SMILES string of the molecule is [2H]C1CC(=O)NC(=O)C1([2H])[2H]. The Morgan fingerprint density at radius 1 is 1.50 bits per heavy atom. The molecule has 0 aromatic carbocycles. The number of carbonyl (C=O) groups is 2. The summed E-state index contributed by atoms with van der Waals surface area (Å²) in [4.78, 5) is 21.3. The van der Waals surface area contributed by atoms with Gasteiger partial charge in [0.25, 0.3) is 0 Å². The number of imide groups is 1. The molecule has 1 N–H and O–H groups in total. The number of carbonyl (C=O) groups excluding carboxylic acids is 2. The second-order valence-corrected chi connectivity index (χ2v) is 1.43. The number of rotatable bonds is 0. The van der Waals surface area contributed by atoms with Crippen LogP contribution in [0.4, 0.5) is 0 Å². The van der Waals surface area contributed by atoms with E-state index in [0.717, 1.165) is 0 Å². The quantitative estimate of drug-likeness (QED) is 0.446. The highest BCUT2D eigenvalue weighted by atomic mass is 16.2. The van der Waals surface area contributed by atoms with Gasteiger partial charge in [-0.05, 0) is 6.40 Å². The molecule has 0 aromatic rings. The summed E-state index contributed by atoms with van der Waals surface area (Å²) in [5.74, 6) is -1.58. The molecule has 8 heavy (non-hydrogen) atoms. The summed E-state index contributed by atoms with van der Waals surface area (Å²) < 4.78 is 21.2. The van der Waals surface area contributed by atoms with Gasteiger partial charge in [-0.3, -0.25) is 14.9 Å². The maximum absolute atomic E-state index is 10.7. The van der Waals surface area contributed by atoms with Crippen molar-refractivity contribution in [2.45, 2.75) is 19.2 Å². The van der Waals surface area contributed by atoms with Crippen molar-refractivity contribution >= 4 is 11.8 Å². The number of hydrogen-bond acceptors (Lipinski definition) is 2. The van der Waals surface area contributed by atoms with Crippen LogP contribution < -0.4 is 5.32 Å². The fourth-order valence-corrected chi connectivity index (χ4v) is 0.450. The number of hydrogen-bond donors (Lipinski definition) is 1. The molecule has 3 nitrogen and oxygen atoms in total. The molecular weight excluding hydrogens is 106 g/mol. The first-order chi connectivity index (χ1) is 4.94. The van der Waals surface area contributed by atoms with Crippen molar-refractivity contribution in [2.75, 3.05) is 0 Å². The predicted molar refractivity (Wildman–Crippen MR) is 27.0 cm³/mol. The molecule has 1 unspecified atom stereocenters. The fraction of sp³-hybridized carbons (Fsp3) is 0.600. The van der Waals surface area contributed by atoms with Crippen LogP contribution in [-0.2, 0) is 9.59 Å². The van der Waals surface area contributed by atoms with Crippen molar-refractivity contribution in [1.29, 1.82) is 0 Å². The monoisotopic (exact) mass is 116 g/mol. The van der Waals surface area contributed by atoms with Crippen LogP contribution in [-0.4, -0.2) is 11.8 Å². The van der Waals surface area contributed by atoms with Crippen LogP contribution in [0.5, 0.6) is 0 Å². The van der Waals surface area contributed by atoms with Crippen molar-refractivity contribution in [2.24, 2.45) is 0 Å². The molecule has 44 valence electrons. The molecule has 1 aliphatic heterocycles. The van der Waals surface area contributed by atoms with Gasteiger partial charge in [-0.1, -0.05) is 0 Å². The molecule has 3 heteroatoms. The third-order valence-electron chi connectivity index (χ3n) is 0.774. The van der Waals surface area contributed by atoms with Gasteiger partial charge < -0.3 is 0 Å². The Balaban J connectivity index is 2.84. The van der Waals surface area contributed by atoms with Gasteiger partial charge in [0.2, 0.25) is 11.8 Å². The van der Waals surface area contributed by atoms with Crippen LogP contribution in [0.1, 0.15) is 23.3 Å². The van der Waals surface area contributed by atoms with Crippen LogP contribution in [0.2, 0.25) is 0 Å². The van der Waals surface area contributed by atoms with Gasteiger partial charge in [0.15, 0.2) is 0 Å². The molecular formula is C5H7NO2. The second kappa shape index (κ2) is 1.94. The van der Waals surface area contributed by atoms with Crippen LogP contribution in [0.3, 0.4) is 0 Å². The largest absolute Gasteiger partial charge is 0.296 e. The average molecular weight is 116 g/mol. The van der Waals surface area contributed by atoms with E-state index < -0.39 is 24.6 Å². The fourth-order valence-electron chi connectivity index (χ4n) is 0.450. The second-order valence-electron chi connectivity index (χ2n) is 1.43. The zero-order valence-corrected chi connectivity index (χ0v) is 4.10. The van der Waals surface area contributed by atoms with E-state index in [9.17, 15) is 9.59 Å². The van der Waals surface area contributed by atoms with Gasteiger partial charge >= 0.3 is 0 Å². The van der Waals surface area contributed by atoms with Crippen molar-refractivity contribution in [3.63, 3.8) is 0 Å². The van der Waals surface area contributed by atoms with E-state index in [1.165, 1.54) is 0 Å². The van der Waals surface area contributed by atoms with Gasteiger partial charge in [0.1, 0.15) is 0 Å². The van der Waals surface area contributed by atoms with E-state index in [-0.39, 0.29) is 6.42 Å². The van der Waals surface area contributed by atoms with E-state index in [0.29, 0.717) is 0 Å². The van der Waals surface area contributed by atoms with E-state index in [1.54, 1.807) is 0 Å². The highest BCUT2D eigenvalue weighted by Gasteiger charge is 2.12. The Morgan fingerprint density at radius 3 is 2.88 bits per heavy atom. The molecule has 1 aliphatic rings. The normalized spacial score (nSPS) is 41.5. The third-order valence-corrected chi connectivity index (χ3v) is 0.774. The van der Waals surface area contributed by atoms with Crippen LogP contribution in [0.15, 0.2) is 0 Å². The summed E-state index contributed by atoms with van der Waals surface area (Å²) in [5.41, 5.74) is 0. The number of piperidine rings is 1. The molecule has 1 rings (SSSR count). The third kappa shape index (κ3) is 1.05. The van der Waals surface area contributed by atoms with Gasteiger partial charge in [0, 0.05) is 16.9 Å². The van der Waals surface area contributed by atoms with Crippen molar-refractivity contribution in [1.82, 2.24) is 5.32 Å². The molecule has 0 saturated carbocycles. The molecule has 0 spiro atoms. The highest BCUT2D eigenvalue weighted by Crippen LogP contribution is 2.00. The lowest BCUT2D eigenvalue weighted by molar-refractivity contribution is -0.132. The van der Waals surface area contributed by atoms with Crippen LogP contribution >= 0.6 is 0 Å². The molecule has 0 radical (unpaired) electrons. The lowest BCUT2D eigenvalue weighted by Gasteiger charge is -2.07. The maximum Gasteiger partial charge on any atom is 0.226 e. The Hall–Kier alpha value is -0.860. The zero-order valence-electron chi connectivity index (χ0n) is 7.10. The van der Waals surface area contributed by atoms with Gasteiger partial charge in [-0.15, -0.1) is 0 Å². The first kappa shape index (κ1) is 2.62. The minimum atomic E-state index is -2.23. The summed E-state index contributed by atoms with van der Waals surface area (Å²) in [6, 6.07) is 0. The first-order valence-electron chi connectivity index (χ1n) is 3.79. The Labute approximate surface area is 51.3 Å². The van der Waals surface area contributed by atoms with Crippen molar-refractivity contribution in [3.05, 3.63) is 0 Å². The van der Waals surface area contributed by atoms with Gasteiger partial charge in [0.05, 0.1) is 0 Å². The van der Waals surface area contributed by atoms with E-state index in [2.05, 4.69) is 0 Å². The summed E-state index contributed by atoms with van der Waals surface area (Å²) in [7, 11) is 0. The molecule has 0 bridgehead atoms. The Kier molecular flexibility index (Phi) is 0.635. The molecule has 0 aliphatic carbocycles.